The van der Waals surface area contributed by atoms with Crippen LogP contribution >= 0.6 is 0 Å². The normalized spacial score (nSPS) is 8.65. The molecule has 0 fully saturated rings. The number of hydrogen-bond acceptors (Lipinski definition) is 18. The van der Waals surface area contributed by atoms with E-state index in [9.17, 15) is 30.0 Å². The van der Waals surface area contributed by atoms with Gasteiger partial charge in [0.05, 0.1) is 48.5 Å². The van der Waals surface area contributed by atoms with Gasteiger partial charge in [-0.25, -0.2) is 0 Å². The third kappa shape index (κ3) is 54.7. The Labute approximate surface area is 313 Å². The van der Waals surface area contributed by atoms with Gasteiger partial charge in [-0.1, -0.05) is 60.7 Å². The molecule has 0 unspecified atom stereocenters. The Morgan fingerprint density at radius 2 is 0.714 bits per heavy atom. The van der Waals surface area contributed by atoms with Gasteiger partial charge in [-0.3, -0.25) is 0 Å². The fraction of sp³-hybridized carbons (Fsp3) is 0.462. The first-order valence-corrected chi connectivity index (χ1v) is 13.0. The second-order valence-corrected chi connectivity index (χ2v) is 7.74. The number of aliphatic hydroxyl groups is 4. The average molecular weight is 853 g/mol. The summed E-state index contributed by atoms with van der Waals surface area (Å²) < 4.78 is 0. The van der Waals surface area contributed by atoms with Crippen molar-refractivity contribution in [2.75, 3.05) is 78.9 Å². The molecule has 2 aromatic rings. The molecule has 0 bridgehead atoms. The summed E-state index contributed by atoms with van der Waals surface area (Å²) in [6.45, 7) is 2.51. The van der Waals surface area contributed by atoms with E-state index in [0.29, 0.717) is 39.3 Å². The monoisotopic (exact) mass is 851 g/mol. The van der Waals surface area contributed by atoms with E-state index in [1.807, 2.05) is 0 Å². The summed E-state index contributed by atoms with van der Waals surface area (Å²) in [6, 6.07) is 16.1. The molecule has 23 heteroatoms. The van der Waals surface area contributed by atoms with Crippen LogP contribution in [0.25, 0.3) is 0 Å². The van der Waals surface area contributed by atoms with E-state index in [1.165, 1.54) is 24.3 Å². The fourth-order valence-corrected chi connectivity index (χ4v) is 2.64. The molecule has 4 N–H and O–H groups in total. The summed E-state index contributed by atoms with van der Waals surface area (Å²) >= 11 is 0. The van der Waals surface area contributed by atoms with Gasteiger partial charge in [0.25, 0.3) is 0 Å². The zero-order valence-electron chi connectivity index (χ0n) is 25.6. The molecular weight excluding hydrogens is 815 g/mol. The summed E-state index contributed by atoms with van der Waals surface area (Å²) in [6.07, 6.45) is 0. The molecule has 0 saturated heterocycles. The van der Waals surface area contributed by atoms with Gasteiger partial charge in [-0.05, 0) is 24.2 Å². The number of carbonyl (C=O) groups is 2. The number of aromatic carboxylic acids is 2. The first kappa shape index (κ1) is 61.3. The molecule has 0 aliphatic rings. The fourth-order valence-electron chi connectivity index (χ4n) is 2.64. The second kappa shape index (κ2) is 47.1. The molecule has 0 aromatic heterocycles. The summed E-state index contributed by atoms with van der Waals surface area (Å²) in [5.41, 5.74) is 0.440. The Morgan fingerprint density at radius 3 is 0.837 bits per heavy atom. The van der Waals surface area contributed by atoms with Gasteiger partial charge in [-0.2, -0.15) is 0 Å². The number of nitrogens with zero attached hydrogens (tertiary/aromatic N) is 4. The van der Waals surface area contributed by atoms with Crippen LogP contribution in [-0.2, 0) is 51.2 Å². The second-order valence-electron chi connectivity index (χ2n) is 7.74. The molecule has 2 aromatic carbocycles. The smallest absolute Gasteiger partial charge is 0.854 e. The van der Waals surface area contributed by atoms with E-state index < -0.39 is 22.1 Å². The minimum absolute atomic E-state index is 0. The average Bonchev–Trinajstić information content (AvgIpc) is 2.99. The van der Waals surface area contributed by atoms with Gasteiger partial charge in [0.1, 0.15) is 0 Å². The molecule has 0 spiro atoms. The molecule has 3 radical (unpaired) electrons. The van der Waals surface area contributed by atoms with Crippen LogP contribution in [0.5, 0.6) is 0 Å². The first-order chi connectivity index (χ1) is 21.8. The van der Waals surface area contributed by atoms with Crippen LogP contribution in [0.3, 0.4) is 0 Å². The molecule has 0 saturated carbocycles. The summed E-state index contributed by atoms with van der Waals surface area (Å²) in [7, 11) is 0. The molecule has 0 heterocycles. The molecule has 0 amide bonds. The molecule has 49 heavy (non-hydrogen) atoms. The Morgan fingerprint density at radius 1 is 0.510 bits per heavy atom. The van der Waals surface area contributed by atoms with Crippen LogP contribution in [-0.4, -0.2) is 131 Å². The van der Waals surface area contributed by atoms with Crippen LogP contribution in [0.15, 0.2) is 60.7 Å². The Balaban J connectivity index is -0.0000000878. The molecule has 0 atom stereocenters. The molecule has 0 aliphatic carbocycles. The third-order valence-electron chi connectivity index (χ3n) is 4.50. The summed E-state index contributed by atoms with van der Waals surface area (Å²) in [5, 5.41) is 104. The number of aliphatic hydroxyl groups excluding tert-OH is 4. The Kier molecular flexibility index (Phi) is 58.9. The van der Waals surface area contributed by atoms with Crippen molar-refractivity contribution in [2.24, 2.45) is 0 Å². The Hall–Kier alpha value is -2.98. The van der Waals surface area contributed by atoms with Crippen LogP contribution in [0, 0.1) is 30.6 Å². The van der Waals surface area contributed by atoms with Gasteiger partial charge < -0.3 is 90.9 Å². The maximum absolute atomic E-state index is 10.1. The number of rotatable bonds is 14. The molecule has 0 aliphatic heterocycles. The van der Waals surface area contributed by atoms with Crippen LogP contribution in [0.4, 0.5) is 0 Å². The van der Waals surface area contributed by atoms with Gasteiger partial charge in [-0.15, -0.1) is 13.2 Å². The number of carboxylic acid groups (broad SMARTS) is 2. The largest absolute Gasteiger partial charge is 2.00 e. The number of carbonyl (C=O) groups excluding carboxylic acids is 2. The van der Waals surface area contributed by atoms with Crippen molar-refractivity contribution >= 4 is 11.9 Å². The van der Waals surface area contributed by atoms with E-state index in [0.717, 1.165) is 0 Å². The minimum Gasteiger partial charge on any atom is -0.854 e. The van der Waals surface area contributed by atoms with Gasteiger partial charge in [0.2, 0.25) is 0 Å². The predicted molar refractivity (Wildman–Crippen MR) is 153 cm³/mol. The summed E-state index contributed by atoms with van der Waals surface area (Å²) in [5.74, 6) is -2.26. The van der Waals surface area contributed by atoms with E-state index >= 15 is 0 Å². The van der Waals surface area contributed by atoms with Crippen LogP contribution in [0.1, 0.15) is 20.7 Å². The van der Waals surface area contributed by atoms with Gasteiger partial charge >= 0.3 is 51.2 Å². The molecule has 2 rings (SSSR count). The van der Waals surface area contributed by atoms with Gasteiger partial charge in [0, 0.05) is 26.2 Å². The number of carboxylic acids is 2. The van der Waals surface area contributed by atoms with E-state index in [1.54, 1.807) is 46.2 Å². The Bertz CT molecular complexity index is 891. The van der Waals surface area contributed by atoms with E-state index in [2.05, 4.69) is 0 Å². The van der Waals surface area contributed by atoms with Gasteiger partial charge in [0.15, 0.2) is 0 Å². The molecular formula is C26H38Cu3N4O16. The topological polar surface area (TPSA) is 346 Å². The van der Waals surface area contributed by atoms with Crippen molar-refractivity contribution < 1.29 is 112 Å². The SMILES string of the molecule is O=C([O-])c1ccccc1.O=C([O-])c1ccccc1.O=[N+]([O-])[O-].O=[N+]([O-])[O-].[Cu+2].[Cu+2].[Cu+2].[O-]CCN(CCO)CCO.[O-]CCN(CCO)CCO. The van der Waals surface area contributed by atoms with Crippen molar-refractivity contribution in [1.29, 1.82) is 0 Å². The minimum atomic E-state index is -1.75. The zero-order valence-corrected chi connectivity index (χ0v) is 28.5. The third-order valence-corrected chi connectivity index (χ3v) is 4.50. The van der Waals surface area contributed by atoms with Crippen molar-refractivity contribution in [3.05, 3.63) is 102 Å². The standard InChI is InChI=1S/2C7H6O2.2C6H14NO3.3Cu.2NO3/c2*8-7(9)6-4-2-1-3-5-6;2*8-4-1-7(2-5-9)3-6-10;;;;2*2-1(3)4/h2*1-5H,(H,8,9);2*8-9H,1-6H2;;;;;/q;;2*-1;3*+2;2*-1/p-2. The van der Waals surface area contributed by atoms with Crippen molar-refractivity contribution in [1.82, 2.24) is 9.80 Å². The maximum atomic E-state index is 10.1. The molecule has 291 valence electrons. The zero-order chi connectivity index (χ0) is 36.2. The van der Waals surface area contributed by atoms with E-state index in [4.69, 9.17) is 51.1 Å². The first-order valence-electron chi connectivity index (χ1n) is 13.0. The van der Waals surface area contributed by atoms with Crippen LogP contribution < -0.4 is 20.4 Å². The number of hydrogen-bond donors (Lipinski definition) is 4. The summed E-state index contributed by atoms with van der Waals surface area (Å²) in [4.78, 5) is 40.1. The number of benzene rings is 2. The maximum Gasteiger partial charge on any atom is 2.00 e. The quantitative estimate of drug-likeness (QED) is 0.0784. The van der Waals surface area contributed by atoms with Crippen molar-refractivity contribution in [3.63, 3.8) is 0 Å². The van der Waals surface area contributed by atoms with Crippen molar-refractivity contribution in [3.8, 4) is 0 Å². The van der Waals surface area contributed by atoms with E-state index in [-0.39, 0.29) is 102 Å². The molecule has 20 nitrogen and oxygen atoms in total. The van der Waals surface area contributed by atoms with Crippen LogP contribution in [0.2, 0.25) is 0 Å². The predicted octanol–water partition coefficient (Wildman–Crippen LogP) is -5.12. The van der Waals surface area contributed by atoms with Crippen molar-refractivity contribution in [2.45, 2.75) is 0 Å².